The number of nitrogens with zero attached hydrogens (tertiary/aromatic N) is 2. The first-order valence-electron chi connectivity index (χ1n) is 9.68. The van der Waals surface area contributed by atoms with E-state index < -0.39 is 0 Å². The number of fused-ring (bicyclic) bond motifs is 1. The van der Waals surface area contributed by atoms with Crippen LogP contribution in [0.5, 0.6) is 0 Å². The highest BCUT2D eigenvalue weighted by Gasteiger charge is 2.21. The van der Waals surface area contributed by atoms with Gasteiger partial charge in [-0.2, -0.15) is 0 Å². The van der Waals surface area contributed by atoms with Crippen LogP contribution in [0.1, 0.15) is 42.1 Å². The molecule has 2 aromatic rings. The number of piperazine rings is 1. The average molecular weight is 394 g/mol. The Hall–Kier alpha value is -1.83. The van der Waals surface area contributed by atoms with Gasteiger partial charge in [-0.3, -0.25) is 14.3 Å². The minimum Gasteiger partial charge on any atom is -0.351 e. The predicted molar refractivity (Wildman–Crippen MR) is 109 cm³/mol. The maximum atomic E-state index is 12.4. The third-order valence-corrected chi connectivity index (χ3v) is 5.59. The number of halogens is 1. The molecule has 2 fully saturated rings. The number of H-pyrrole nitrogens is 1. The molecule has 1 aromatic heterocycles. The smallest absolute Gasteiger partial charge is 0.326 e. The monoisotopic (exact) mass is 393 g/mol. The molecular formula is C19H28ClN5O2. The van der Waals surface area contributed by atoms with E-state index in [0.717, 1.165) is 56.6 Å². The lowest BCUT2D eigenvalue weighted by Crippen LogP contribution is -2.46. The molecule has 1 aliphatic heterocycles. The van der Waals surface area contributed by atoms with Crippen LogP contribution in [0.4, 0.5) is 0 Å². The first-order chi connectivity index (χ1) is 12.7. The van der Waals surface area contributed by atoms with Crippen LogP contribution in [0.15, 0.2) is 23.0 Å². The van der Waals surface area contributed by atoms with Crippen LogP contribution in [0.2, 0.25) is 0 Å². The zero-order chi connectivity index (χ0) is 17.9. The second kappa shape index (κ2) is 8.91. The Kier molecular flexibility index (Phi) is 6.57. The Balaban J connectivity index is 0.00000210. The van der Waals surface area contributed by atoms with Gasteiger partial charge in [0.25, 0.3) is 5.91 Å². The maximum Gasteiger partial charge on any atom is 0.326 e. The molecule has 0 bridgehead atoms. The van der Waals surface area contributed by atoms with E-state index in [-0.39, 0.29) is 30.0 Å². The molecule has 148 valence electrons. The maximum absolute atomic E-state index is 12.4. The van der Waals surface area contributed by atoms with Gasteiger partial charge in [0.15, 0.2) is 0 Å². The fourth-order valence-corrected chi connectivity index (χ4v) is 4.16. The fourth-order valence-electron chi connectivity index (χ4n) is 4.16. The lowest BCUT2D eigenvalue weighted by molar-refractivity contribution is 0.0947. The number of rotatable bonds is 5. The summed E-state index contributed by atoms with van der Waals surface area (Å²) >= 11 is 0. The standard InChI is InChI=1S/C19H27N5O2.ClH/c25-18(21-9-12-23-10-7-20-8-11-23)14-5-6-17-16(13-14)22-19(26)24(17)15-3-1-2-4-15;/h5-6,13,15,20H,1-4,7-12H2,(H,21,25)(H,22,26);1H. The van der Waals surface area contributed by atoms with Crippen molar-refractivity contribution in [3.63, 3.8) is 0 Å². The number of hydrogen-bond donors (Lipinski definition) is 3. The Morgan fingerprint density at radius 1 is 1.19 bits per heavy atom. The fraction of sp³-hybridized carbons (Fsp3) is 0.579. The number of benzene rings is 1. The van der Waals surface area contributed by atoms with E-state index in [2.05, 4.69) is 20.5 Å². The minimum atomic E-state index is -0.0866. The summed E-state index contributed by atoms with van der Waals surface area (Å²) < 4.78 is 1.87. The predicted octanol–water partition coefficient (Wildman–Crippen LogP) is 1.50. The molecule has 1 saturated carbocycles. The number of hydrogen-bond acceptors (Lipinski definition) is 4. The molecule has 8 heteroatoms. The van der Waals surface area contributed by atoms with Crippen molar-refractivity contribution in [1.29, 1.82) is 0 Å². The Morgan fingerprint density at radius 3 is 2.67 bits per heavy atom. The van der Waals surface area contributed by atoms with Gasteiger partial charge < -0.3 is 15.6 Å². The molecule has 27 heavy (non-hydrogen) atoms. The lowest BCUT2D eigenvalue weighted by Gasteiger charge is -2.27. The minimum absolute atomic E-state index is 0. The summed E-state index contributed by atoms with van der Waals surface area (Å²) in [5.41, 5.74) is 2.18. The number of imidazole rings is 1. The molecule has 4 rings (SSSR count). The highest BCUT2D eigenvalue weighted by atomic mass is 35.5. The number of carbonyl (C=O) groups is 1. The van der Waals surface area contributed by atoms with Crippen LogP contribution in [-0.2, 0) is 0 Å². The Morgan fingerprint density at radius 2 is 1.93 bits per heavy atom. The van der Waals surface area contributed by atoms with Gasteiger partial charge in [0, 0.05) is 50.9 Å². The van der Waals surface area contributed by atoms with Crippen LogP contribution in [-0.4, -0.2) is 59.6 Å². The Bertz CT molecular complexity index is 834. The van der Waals surface area contributed by atoms with Crippen LogP contribution in [0.25, 0.3) is 11.0 Å². The van der Waals surface area contributed by atoms with Gasteiger partial charge in [-0.25, -0.2) is 4.79 Å². The molecule has 1 amide bonds. The summed E-state index contributed by atoms with van der Waals surface area (Å²) in [4.78, 5) is 30.1. The molecule has 2 heterocycles. The summed E-state index contributed by atoms with van der Waals surface area (Å²) in [5, 5.41) is 6.31. The zero-order valence-corrected chi connectivity index (χ0v) is 16.3. The second-order valence-corrected chi connectivity index (χ2v) is 7.32. The third kappa shape index (κ3) is 4.36. The first kappa shape index (κ1) is 19.9. The SMILES string of the molecule is Cl.O=C(NCCN1CCNCC1)c1ccc2c(c1)[nH]c(=O)n2C1CCCC1. The molecular weight excluding hydrogens is 366 g/mol. The largest absolute Gasteiger partial charge is 0.351 e. The van der Waals surface area contributed by atoms with Crippen molar-refractivity contribution in [2.24, 2.45) is 0 Å². The Labute approximate surface area is 164 Å². The summed E-state index contributed by atoms with van der Waals surface area (Å²) in [6, 6.07) is 5.80. The van der Waals surface area contributed by atoms with Crippen LogP contribution in [0.3, 0.4) is 0 Å². The normalized spacial score (nSPS) is 18.5. The lowest BCUT2D eigenvalue weighted by atomic mass is 10.1. The van der Waals surface area contributed by atoms with E-state index in [4.69, 9.17) is 0 Å². The number of aromatic nitrogens is 2. The van der Waals surface area contributed by atoms with E-state index in [1.807, 2.05) is 16.7 Å². The van der Waals surface area contributed by atoms with Crippen LogP contribution >= 0.6 is 12.4 Å². The number of aromatic amines is 1. The summed E-state index contributed by atoms with van der Waals surface area (Å²) in [6.45, 7) is 5.57. The highest BCUT2D eigenvalue weighted by Crippen LogP contribution is 2.30. The van der Waals surface area contributed by atoms with Crippen molar-refractivity contribution >= 4 is 29.3 Å². The quantitative estimate of drug-likeness (QED) is 0.719. The van der Waals surface area contributed by atoms with E-state index >= 15 is 0 Å². The molecule has 1 saturated heterocycles. The van der Waals surface area contributed by atoms with Crippen molar-refractivity contribution in [1.82, 2.24) is 25.1 Å². The van der Waals surface area contributed by atoms with Gasteiger partial charge in [-0.15, -0.1) is 12.4 Å². The van der Waals surface area contributed by atoms with Gasteiger partial charge >= 0.3 is 5.69 Å². The molecule has 1 aromatic carbocycles. The highest BCUT2D eigenvalue weighted by molar-refractivity contribution is 5.97. The average Bonchev–Trinajstić information content (AvgIpc) is 3.28. The molecule has 2 aliphatic rings. The van der Waals surface area contributed by atoms with Crippen molar-refractivity contribution in [2.45, 2.75) is 31.7 Å². The van der Waals surface area contributed by atoms with Gasteiger partial charge in [0.1, 0.15) is 0 Å². The molecule has 0 atom stereocenters. The summed E-state index contributed by atoms with van der Waals surface area (Å²) in [6.07, 6.45) is 4.47. The molecule has 0 unspecified atom stereocenters. The van der Waals surface area contributed by atoms with Crippen molar-refractivity contribution < 1.29 is 4.79 Å². The van der Waals surface area contributed by atoms with Gasteiger partial charge in [0.2, 0.25) is 0 Å². The van der Waals surface area contributed by atoms with Crippen molar-refractivity contribution in [3.05, 3.63) is 34.2 Å². The van der Waals surface area contributed by atoms with Crippen molar-refractivity contribution in [2.75, 3.05) is 39.3 Å². The van der Waals surface area contributed by atoms with E-state index in [0.29, 0.717) is 12.1 Å². The number of amides is 1. The number of nitrogens with one attached hydrogen (secondary N) is 3. The van der Waals surface area contributed by atoms with Crippen LogP contribution in [0, 0.1) is 0 Å². The zero-order valence-electron chi connectivity index (χ0n) is 15.5. The van der Waals surface area contributed by atoms with Gasteiger partial charge in [-0.1, -0.05) is 12.8 Å². The first-order valence-corrected chi connectivity index (χ1v) is 9.68. The van der Waals surface area contributed by atoms with Gasteiger partial charge in [-0.05, 0) is 31.0 Å². The topological polar surface area (TPSA) is 82.2 Å². The molecule has 0 radical (unpaired) electrons. The molecule has 3 N–H and O–H groups in total. The summed E-state index contributed by atoms with van der Waals surface area (Å²) in [7, 11) is 0. The van der Waals surface area contributed by atoms with Crippen LogP contribution < -0.4 is 16.3 Å². The molecule has 1 aliphatic carbocycles. The van der Waals surface area contributed by atoms with Gasteiger partial charge in [0.05, 0.1) is 11.0 Å². The second-order valence-electron chi connectivity index (χ2n) is 7.32. The van der Waals surface area contributed by atoms with E-state index in [1.54, 1.807) is 6.07 Å². The van der Waals surface area contributed by atoms with Crippen molar-refractivity contribution in [3.8, 4) is 0 Å². The summed E-state index contributed by atoms with van der Waals surface area (Å²) in [5.74, 6) is -0.0866. The molecule has 0 spiro atoms. The number of carbonyl (C=O) groups excluding carboxylic acids is 1. The molecule has 7 nitrogen and oxygen atoms in total. The third-order valence-electron chi connectivity index (χ3n) is 5.59. The van der Waals surface area contributed by atoms with E-state index in [1.165, 1.54) is 12.8 Å². The van der Waals surface area contributed by atoms with E-state index in [9.17, 15) is 9.59 Å².